The van der Waals surface area contributed by atoms with Gasteiger partial charge in [-0.05, 0) is 31.0 Å². The zero-order valence-corrected chi connectivity index (χ0v) is 12.1. The molecule has 104 valence electrons. The number of carbonyl (C=O) groups is 1. The van der Waals surface area contributed by atoms with Crippen LogP contribution in [0.25, 0.3) is 0 Å². The Hall–Kier alpha value is -1.16. The molecule has 0 spiro atoms. The summed E-state index contributed by atoms with van der Waals surface area (Å²) in [6.45, 7) is 0. The first-order chi connectivity index (χ1) is 9.20. The van der Waals surface area contributed by atoms with Crippen LogP contribution >= 0.6 is 0 Å². The van der Waals surface area contributed by atoms with Gasteiger partial charge >= 0.3 is 0 Å². The van der Waals surface area contributed by atoms with Gasteiger partial charge in [-0.3, -0.25) is 9.00 Å². The smallest absolute Gasteiger partial charge is 0.148 e. The molecule has 4 heteroatoms. The second-order valence-corrected chi connectivity index (χ2v) is 6.42. The van der Waals surface area contributed by atoms with Gasteiger partial charge in [0.2, 0.25) is 0 Å². The van der Waals surface area contributed by atoms with E-state index in [1.165, 1.54) is 6.42 Å². The summed E-state index contributed by atoms with van der Waals surface area (Å²) in [6.07, 6.45) is 5.41. The van der Waals surface area contributed by atoms with Crippen molar-refractivity contribution < 1.29 is 13.7 Å². The molecule has 19 heavy (non-hydrogen) atoms. The Labute approximate surface area is 116 Å². The molecule has 1 unspecified atom stereocenters. The lowest BCUT2D eigenvalue weighted by Gasteiger charge is -2.19. The van der Waals surface area contributed by atoms with Crippen LogP contribution in [-0.4, -0.2) is 22.9 Å². The molecule has 3 nitrogen and oxygen atoms in total. The van der Waals surface area contributed by atoms with E-state index in [9.17, 15) is 9.00 Å². The fourth-order valence-corrected chi connectivity index (χ4v) is 3.64. The van der Waals surface area contributed by atoms with E-state index in [4.69, 9.17) is 4.74 Å². The molecule has 0 heterocycles. The Bertz CT molecular complexity index is 464. The summed E-state index contributed by atoms with van der Waals surface area (Å²) in [4.78, 5) is 12.8. The number of methoxy groups -OCH3 is 1. The third kappa shape index (κ3) is 3.90. The molecule has 0 N–H and O–H groups in total. The maximum Gasteiger partial charge on any atom is 0.148 e. The Balaban J connectivity index is 1.97. The van der Waals surface area contributed by atoms with E-state index in [1.54, 1.807) is 25.3 Å². The van der Waals surface area contributed by atoms with Crippen LogP contribution in [-0.2, 0) is 15.6 Å². The van der Waals surface area contributed by atoms with E-state index < -0.39 is 10.8 Å². The lowest BCUT2D eigenvalue weighted by molar-refractivity contribution is -0.121. The Morgan fingerprint density at radius 2 is 2.05 bits per heavy atom. The standard InChI is InChI=1S/C15H20O3S/c1-18-13-8-5-9-14(10-13)19(17)11-15(16)12-6-3-2-4-7-12/h5,8-10,12H,2-4,6-7,11H2,1H3. The third-order valence-corrected chi connectivity index (χ3v) is 4.96. The zero-order valence-electron chi connectivity index (χ0n) is 11.3. The average Bonchev–Trinajstić information content (AvgIpc) is 2.48. The molecule has 0 aromatic heterocycles. The molecule has 1 atom stereocenters. The van der Waals surface area contributed by atoms with Gasteiger partial charge in [0.25, 0.3) is 0 Å². The average molecular weight is 280 g/mol. The normalized spacial score (nSPS) is 17.9. The molecule has 1 aromatic rings. The fraction of sp³-hybridized carbons (Fsp3) is 0.533. The maximum absolute atomic E-state index is 12.2. The summed E-state index contributed by atoms with van der Waals surface area (Å²) in [7, 11) is 0.322. The minimum absolute atomic E-state index is 0.128. The third-order valence-electron chi connectivity index (χ3n) is 3.64. The number of ether oxygens (including phenoxy) is 1. The van der Waals surface area contributed by atoms with Crippen molar-refractivity contribution in [3.8, 4) is 5.75 Å². The van der Waals surface area contributed by atoms with Crippen molar-refractivity contribution in [2.45, 2.75) is 37.0 Å². The minimum atomic E-state index is -1.26. The van der Waals surface area contributed by atoms with Crippen LogP contribution in [0.2, 0.25) is 0 Å². The van der Waals surface area contributed by atoms with Crippen molar-refractivity contribution in [1.82, 2.24) is 0 Å². The summed E-state index contributed by atoms with van der Waals surface area (Å²) in [5, 5.41) is 0. The number of rotatable bonds is 5. The first-order valence-electron chi connectivity index (χ1n) is 6.76. The monoisotopic (exact) mass is 280 g/mol. The molecule has 1 aromatic carbocycles. The molecule has 1 aliphatic rings. The minimum Gasteiger partial charge on any atom is -0.497 e. The fourth-order valence-electron chi connectivity index (χ4n) is 2.50. The SMILES string of the molecule is COc1cccc(S(=O)CC(=O)C2CCCCC2)c1. The highest BCUT2D eigenvalue weighted by Gasteiger charge is 2.23. The number of hydrogen-bond donors (Lipinski definition) is 0. The van der Waals surface area contributed by atoms with Crippen molar-refractivity contribution in [2.24, 2.45) is 5.92 Å². The second kappa shape index (κ2) is 6.85. The summed E-state index contributed by atoms with van der Waals surface area (Å²) in [6, 6.07) is 7.14. The quantitative estimate of drug-likeness (QED) is 0.833. The highest BCUT2D eigenvalue weighted by molar-refractivity contribution is 7.85. The number of ketones is 1. The largest absolute Gasteiger partial charge is 0.497 e. The van der Waals surface area contributed by atoms with Gasteiger partial charge < -0.3 is 4.74 Å². The Kier molecular flexibility index (Phi) is 5.14. The summed E-state index contributed by atoms with van der Waals surface area (Å²) in [5.74, 6) is 1.10. The Morgan fingerprint density at radius 3 is 2.74 bits per heavy atom. The number of benzene rings is 1. The van der Waals surface area contributed by atoms with Gasteiger partial charge in [-0.2, -0.15) is 0 Å². The van der Waals surface area contributed by atoms with Gasteiger partial charge in [0.15, 0.2) is 0 Å². The van der Waals surface area contributed by atoms with Crippen LogP contribution in [0.1, 0.15) is 32.1 Å². The van der Waals surface area contributed by atoms with Crippen LogP contribution in [0.3, 0.4) is 0 Å². The summed E-state index contributed by atoms with van der Waals surface area (Å²) in [5.41, 5.74) is 0. The first kappa shape index (κ1) is 14.3. The van der Waals surface area contributed by atoms with Crippen molar-refractivity contribution in [3.63, 3.8) is 0 Å². The number of carbonyl (C=O) groups excluding carboxylic acids is 1. The van der Waals surface area contributed by atoms with Crippen LogP contribution in [0.5, 0.6) is 5.75 Å². The molecular weight excluding hydrogens is 260 g/mol. The van der Waals surface area contributed by atoms with Gasteiger partial charge in [0.1, 0.15) is 11.5 Å². The number of Topliss-reactive ketones (excluding diaryl/α,β-unsaturated/α-hetero) is 1. The Morgan fingerprint density at radius 1 is 1.32 bits per heavy atom. The maximum atomic E-state index is 12.2. The lowest BCUT2D eigenvalue weighted by atomic mass is 9.87. The molecule has 1 fully saturated rings. The highest BCUT2D eigenvalue weighted by atomic mass is 32.2. The summed E-state index contributed by atoms with van der Waals surface area (Å²) < 4.78 is 17.3. The molecule has 2 rings (SSSR count). The molecule has 0 bridgehead atoms. The van der Waals surface area contributed by atoms with Gasteiger partial charge in [0.05, 0.1) is 23.7 Å². The highest BCUT2D eigenvalue weighted by Crippen LogP contribution is 2.25. The van der Waals surface area contributed by atoms with Gasteiger partial charge in [-0.15, -0.1) is 0 Å². The molecule has 1 saturated carbocycles. The van der Waals surface area contributed by atoms with Gasteiger partial charge in [-0.1, -0.05) is 25.3 Å². The second-order valence-electron chi connectivity index (χ2n) is 4.97. The summed E-state index contributed by atoms with van der Waals surface area (Å²) >= 11 is 0. The van der Waals surface area contributed by atoms with Crippen molar-refractivity contribution in [2.75, 3.05) is 12.9 Å². The molecule has 0 amide bonds. The van der Waals surface area contributed by atoms with Gasteiger partial charge in [0, 0.05) is 10.8 Å². The van der Waals surface area contributed by atoms with Crippen LogP contribution in [0.15, 0.2) is 29.2 Å². The van der Waals surface area contributed by atoms with E-state index in [1.807, 2.05) is 6.07 Å². The van der Waals surface area contributed by atoms with Crippen molar-refractivity contribution in [3.05, 3.63) is 24.3 Å². The lowest BCUT2D eigenvalue weighted by Crippen LogP contribution is -2.23. The predicted octanol–water partition coefficient (Wildman–Crippen LogP) is 2.95. The van der Waals surface area contributed by atoms with E-state index >= 15 is 0 Å². The van der Waals surface area contributed by atoms with Crippen LogP contribution < -0.4 is 4.74 Å². The van der Waals surface area contributed by atoms with Crippen LogP contribution in [0, 0.1) is 5.92 Å². The zero-order chi connectivity index (χ0) is 13.7. The molecular formula is C15H20O3S. The van der Waals surface area contributed by atoms with Crippen molar-refractivity contribution >= 4 is 16.6 Å². The molecule has 0 saturated heterocycles. The first-order valence-corrected chi connectivity index (χ1v) is 8.07. The van der Waals surface area contributed by atoms with Crippen molar-refractivity contribution in [1.29, 1.82) is 0 Å². The molecule has 1 aliphatic carbocycles. The van der Waals surface area contributed by atoms with Crippen LogP contribution in [0.4, 0.5) is 0 Å². The van der Waals surface area contributed by atoms with E-state index in [0.717, 1.165) is 25.7 Å². The van der Waals surface area contributed by atoms with E-state index in [0.29, 0.717) is 10.6 Å². The van der Waals surface area contributed by atoms with E-state index in [-0.39, 0.29) is 17.5 Å². The predicted molar refractivity (Wildman–Crippen MR) is 75.9 cm³/mol. The van der Waals surface area contributed by atoms with E-state index in [2.05, 4.69) is 0 Å². The van der Waals surface area contributed by atoms with Gasteiger partial charge in [-0.25, -0.2) is 0 Å². The molecule has 0 radical (unpaired) electrons. The number of hydrogen-bond acceptors (Lipinski definition) is 3. The topological polar surface area (TPSA) is 43.4 Å². The molecule has 0 aliphatic heterocycles.